The number of hydrogen-bond acceptors (Lipinski definition) is 7. The van der Waals surface area contributed by atoms with Crippen LogP contribution in [-0.4, -0.2) is 35.5 Å². The number of benzene rings is 1. The molecule has 182 valence electrons. The Kier molecular flexibility index (Phi) is 7.54. The van der Waals surface area contributed by atoms with E-state index >= 15 is 0 Å². The van der Waals surface area contributed by atoms with Crippen LogP contribution in [0.3, 0.4) is 0 Å². The molecule has 1 aromatic heterocycles. The highest BCUT2D eigenvalue weighted by molar-refractivity contribution is 6.44. The van der Waals surface area contributed by atoms with Crippen molar-refractivity contribution in [1.82, 2.24) is 4.98 Å². The molecular formula is C20H15ClF6N4O3. The number of nitrogens with zero attached hydrogens (tertiary/aromatic N) is 2. The molecule has 0 amide bonds. The summed E-state index contributed by atoms with van der Waals surface area (Å²) in [6, 6.07) is 5.61. The van der Waals surface area contributed by atoms with E-state index in [0.29, 0.717) is 11.9 Å². The molecule has 7 nitrogen and oxygen atoms in total. The Bertz CT molecular complexity index is 1090. The van der Waals surface area contributed by atoms with Gasteiger partial charge in [-0.25, -0.2) is 4.98 Å². The third-order valence-electron chi connectivity index (χ3n) is 4.26. The Balaban J connectivity index is 1.45. The summed E-state index contributed by atoms with van der Waals surface area (Å²) < 4.78 is 78.2. The third-order valence-corrected chi connectivity index (χ3v) is 4.54. The van der Waals surface area contributed by atoms with Crippen molar-refractivity contribution in [2.24, 2.45) is 5.16 Å². The fourth-order valence-electron chi connectivity index (χ4n) is 2.68. The molecule has 0 spiro atoms. The fourth-order valence-corrected chi connectivity index (χ4v) is 2.91. The molecular weight excluding hydrogens is 494 g/mol. The van der Waals surface area contributed by atoms with Crippen LogP contribution in [0.1, 0.15) is 12.0 Å². The molecule has 3 rings (SSSR count). The standard InChI is InChI=1S/C20H15ClF6N4O3/c21-15-7-11(19(22,23)24)9-29-18(15)30-10-14-8-16(31-34-14)17(32)5-6-28-12-1-3-13(4-2-12)33-20(25,26)27/h1-7,9,14,28H,8,10H2,(H,29,30)/b6-5+/t14-/m1/s1. The van der Waals surface area contributed by atoms with Crippen LogP contribution >= 0.6 is 11.6 Å². The summed E-state index contributed by atoms with van der Waals surface area (Å²) >= 11 is 5.82. The molecule has 0 bridgehead atoms. The lowest BCUT2D eigenvalue weighted by molar-refractivity contribution is -0.274. The molecule has 0 saturated heterocycles. The number of oxime groups is 1. The van der Waals surface area contributed by atoms with Crippen molar-refractivity contribution in [1.29, 1.82) is 0 Å². The van der Waals surface area contributed by atoms with Crippen LogP contribution in [-0.2, 0) is 15.8 Å². The van der Waals surface area contributed by atoms with Crippen LogP contribution in [0.4, 0.5) is 37.8 Å². The number of ketones is 1. The molecule has 0 aliphatic carbocycles. The second kappa shape index (κ2) is 10.2. The first-order chi connectivity index (χ1) is 15.9. The lowest BCUT2D eigenvalue weighted by Crippen LogP contribution is -2.22. The van der Waals surface area contributed by atoms with Crippen molar-refractivity contribution >= 4 is 34.6 Å². The molecule has 0 radical (unpaired) electrons. The molecule has 1 aliphatic heterocycles. The van der Waals surface area contributed by atoms with Gasteiger partial charge in [0.2, 0.25) is 5.78 Å². The monoisotopic (exact) mass is 508 g/mol. The minimum Gasteiger partial charge on any atom is -0.406 e. The van der Waals surface area contributed by atoms with E-state index in [1.807, 2.05) is 0 Å². The van der Waals surface area contributed by atoms with Crippen LogP contribution < -0.4 is 15.4 Å². The molecule has 14 heteroatoms. The molecule has 1 aliphatic rings. The summed E-state index contributed by atoms with van der Waals surface area (Å²) in [7, 11) is 0. The van der Waals surface area contributed by atoms with Crippen molar-refractivity contribution in [3.8, 4) is 5.75 Å². The number of halogens is 7. The molecule has 2 N–H and O–H groups in total. The van der Waals surface area contributed by atoms with Crippen LogP contribution in [0, 0.1) is 0 Å². The predicted octanol–water partition coefficient (Wildman–Crippen LogP) is 5.40. The number of rotatable bonds is 8. The summed E-state index contributed by atoms with van der Waals surface area (Å²) in [5, 5.41) is 8.93. The lowest BCUT2D eigenvalue weighted by Gasteiger charge is -2.13. The highest BCUT2D eigenvalue weighted by atomic mass is 35.5. The second-order valence-corrected chi connectivity index (χ2v) is 7.22. The quantitative estimate of drug-likeness (QED) is 0.367. The van der Waals surface area contributed by atoms with E-state index in [-0.39, 0.29) is 35.3 Å². The van der Waals surface area contributed by atoms with Crippen molar-refractivity contribution in [3.05, 3.63) is 59.4 Å². The number of carbonyl (C=O) groups excluding carboxylic acids is 1. The fraction of sp³-hybridized carbons (Fsp3) is 0.250. The number of anilines is 2. The average Bonchev–Trinajstić information content (AvgIpc) is 3.21. The maximum atomic E-state index is 12.7. The average molecular weight is 509 g/mol. The van der Waals surface area contributed by atoms with Gasteiger partial charge in [0, 0.05) is 30.6 Å². The molecule has 1 aromatic carbocycles. The van der Waals surface area contributed by atoms with Gasteiger partial charge in [0.05, 0.1) is 17.1 Å². The van der Waals surface area contributed by atoms with E-state index in [1.165, 1.54) is 18.3 Å². The van der Waals surface area contributed by atoms with Crippen molar-refractivity contribution in [2.75, 3.05) is 17.2 Å². The van der Waals surface area contributed by atoms with Crippen LogP contribution in [0.15, 0.2) is 54.0 Å². The summed E-state index contributed by atoms with van der Waals surface area (Å²) in [6.07, 6.45) is -6.74. The number of carbonyl (C=O) groups is 1. The largest absolute Gasteiger partial charge is 0.573 e. The van der Waals surface area contributed by atoms with Gasteiger partial charge in [-0.05, 0) is 30.3 Å². The molecule has 2 aromatic rings. The Hall–Kier alpha value is -3.48. The summed E-state index contributed by atoms with van der Waals surface area (Å²) in [4.78, 5) is 21.0. The first kappa shape index (κ1) is 25.1. The zero-order valence-electron chi connectivity index (χ0n) is 16.9. The Morgan fingerprint density at radius 1 is 1.21 bits per heavy atom. The van der Waals surface area contributed by atoms with Gasteiger partial charge in [0.1, 0.15) is 17.3 Å². The summed E-state index contributed by atoms with van der Waals surface area (Å²) in [6.45, 7) is 0.0761. The minimum atomic E-state index is -4.79. The Labute approximate surface area is 193 Å². The summed E-state index contributed by atoms with van der Waals surface area (Å²) in [5.41, 5.74) is -0.473. The Morgan fingerprint density at radius 3 is 2.53 bits per heavy atom. The van der Waals surface area contributed by atoms with E-state index in [4.69, 9.17) is 16.4 Å². The van der Waals surface area contributed by atoms with E-state index in [1.54, 1.807) is 0 Å². The first-order valence-corrected chi connectivity index (χ1v) is 9.81. The van der Waals surface area contributed by atoms with Gasteiger partial charge in [-0.2, -0.15) is 13.2 Å². The number of allylic oxidation sites excluding steroid dienone is 1. The van der Waals surface area contributed by atoms with E-state index in [0.717, 1.165) is 24.3 Å². The number of ether oxygens (including phenoxy) is 1. The third kappa shape index (κ3) is 7.27. The number of pyridine rings is 1. The second-order valence-electron chi connectivity index (χ2n) is 6.82. The normalized spacial score (nSPS) is 16.2. The molecule has 2 heterocycles. The van der Waals surface area contributed by atoms with Gasteiger partial charge in [0.25, 0.3) is 0 Å². The smallest absolute Gasteiger partial charge is 0.406 e. The SMILES string of the molecule is O=C(/C=C/Nc1ccc(OC(F)(F)F)cc1)C1=NO[C@@H](CNc2ncc(C(F)(F)F)cc2Cl)C1. The maximum absolute atomic E-state index is 12.7. The van der Waals surface area contributed by atoms with E-state index < -0.39 is 30.0 Å². The van der Waals surface area contributed by atoms with Crippen molar-refractivity contribution in [3.63, 3.8) is 0 Å². The number of hydrogen-bond donors (Lipinski definition) is 2. The predicted molar refractivity (Wildman–Crippen MR) is 111 cm³/mol. The highest BCUT2D eigenvalue weighted by Crippen LogP contribution is 2.32. The maximum Gasteiger partial charge on any atom is 0.573 e. The van der Waals surface area contributed by atoms with Gasteiger partial charge in [-0.3, -0.25) is 4.79 Å². The highest BCUT2D eigenvalue weighted by Gasteiger charge is 2.32. The van der Waals surface area contributed by atoms with Crippen molar-refractivity contribution in [2.45, 2.75) is 25.1 Å². The van der Waals surface area contributed by atoms with Gasteiger partial charge in [-0.1, -0.05) is 16.8 Å². The summed E-state index contributed by atoms with van der Waals surface area (Å²) in [5.74, 6) is -0.838. The van der Waals surface area contributed by atoms with Crippen LogP contribution in [0.5, 0.6) is 5.75 Å². The molecule has 0 fully saturated rings. The van der Waals surface area contributed by atoms with Gasteiger partial charge >= 0.3 is 12.5 Å². The van der Waals surface area contributed by atoms with Gasteiger partial charge in [0.15, 0.2) is 6.10 Å². The van der Waals surface area contributed by atoms with Crippen LogP contribution in [0.2, 0.25) is 5.02 Å². The topological polar surface area (TPSA) is 84.8 Å². The molecule has 34 heavy (non-hydrogen) atoms. The zero-order chi connectivity index (χ0) is 24.9. The van der Waals surface area contributed by atoms with E-state index in [9.17, 15) is 31.1 Å². The van der Waals surface area contributed by atoms with Crippen LogP contribution in [0.25, 0.3) is 0 Å². The van der Waals surface area contributed by atoms with E-state index in [2.05, 4.69) is 25.5 Å². The number of alkyl halides is 6. The minimum absolute atomic E-state index is 0.0220. The number of aromatic nitrogens is 1. The zero-order valence-corrected chi connectivity index (χ0v) is 17.6. The lowest BCUT2D eigenvalue weighted by atomic mass is 10.1. The Morgan fingerprint density at radius 2 is 1.91 bits per heavy atom. The van der Waals surface area contributed by atoms with Gasteiger partial charge < -0.3 is 20.2 Å². The number of nitrogens with one attached hydrogen (secondary N) is 2. The first-order valence-electron chi connectivity index (χ1n) is 9.43. The van der Waals surface area contributed by atoms with Gasteiger partial charge in [-0.15, -0.1) is 13.2 Å². The molecule has 0 saturated carbocycles. The molecule has 0 unspecified atom stereocenters. The molecule has 1 atom stereocenters. The van der Waals surface area contributed by atoms with Crippen molar-refractivity contribution < 1.29 is 40.7 Å².